The number of nitrogens with two attached hydrogens (primary N) is 1. The first-order valence-electron chi connectivity index (χ1n) is 4.60. The van der Waals surface area contributed by atoms with Gasteiger partial charge in [0.2, 0.25) is 5.91 Å². The molecule has 1 aliphatic rings. The van der Waals surface area contributed by atoms with E-state index in [2.05, 4.69) is 21.2 Å². The highest BCUT2D eigenvalue weighted by Crippen LogP contribution is 2.38. The van der Waals surface area contributed by atoms with Crippen molar-refractivity contribution >= 4 is 39.1 Å². The maximum atomic E-state index is 11.4. The van der Waals surface area contributed by atoms with Crippen LogP contribution < -0.4 is 11.1 Å². The molecule has 80 valence electrons. The van der Waals surface area contributed by atoms with Crippen LogP contribution in [0.25, 0.3) is 0 Å². The molecule has 1 aromatic carbocycles. The van der Waals surface area contributed by atoms with Crippen molar-refractivity contribution in [3.8, 4) is 0 Å². The fraction of sp³-hybridized carbons (Fsp3) is 0.300. The zero-order valence-corrected chi connectivity index (χ0v) is 10.2. The molecular weight excluding hydrogens is 279 g/mol. The van der Waals surface area contributed by atoms with Crippen LogP contribution in [0.5, 0.6) is 0 Å². The molecule has 1 heterocycles. The number of hydrogen-bond donors (Lipinski definition) is 2. The van der Waals surface area contributed by atoms with Gasteiger partial charge in [0, 0.05) is 21.8 Å². The Morgan fingerprint density at radius 3 is 3.00 bits per heavy atom. The molecule has 0 aliphatic carbocycles. The van der Waals surface area contributed by atoms with Crippen LogP contribution in [-0.4, -0.2) is 12.5 Å². The second-order valence-electron chi connectivity index (χ2n) is 3.54. The lowest BCUT2D eigenvalue weighted by Crippen LogP contribution is -2.27. The van der Waals surface area contributed by atoms with Gasteiger partial charge in [0.25, 0.3) is 0 Å². The zero-order valence-electron chi connectivity index (χ0n) is 7.89. The van der Waals surface area contributed by atoms with Gasteiger partial charge >= 0.3 is 0 Å². The SMILES string of the molecule is NCC1CC(=O)Nc2c(Br)cc(Cl)cc21. The number of fused-ring (bicyclic) bond motifs is 1. The molecule has 3 N–H and O–H groups in total. The number of anilines is 1. The second kappa shape index (κ2) is 4.12. The summed E-state index contributed by atoms with van der Waals surface area (Å²) >= 11 is 9.33. The standard InChI is InChI=1S/C10H10BrClN2O/c11-8-3-6(12)2-7-5(4-13)1-9(15)14-10(7)8/h2-3,5H,1,4,13H2,(H,14,15). The van der Waals surface area contributed by atoms with Crippen molar-refractivity contribution in [2.75, 3.05) is 11.9 Å². The van der Waals surface area contributed by atoms with Crippen molar-refractivity contribution in [3.63, 3.8) is 0 Å². The Hall–Kier alpha value is -0.580. The molecule has 0 radical (unpaired) electrons. The third-order valence-electron chi connectivity index (χ3n) is 2.51. The second-order valence-corrected chi connectivity index (χ2v) is 4.83. The highest BCUT2D eigenvalue weighted by Gasteiger charge is 2.25. The van der Waals surface area contributed by atoms with Gasteiger partial charge in [-0.05, 0) is 40.2 Å². The number of amides is 1. The van der Waals surface area contributed by atoms with E-state index in [-0.39, 0.29) is 11.8 Å². The molecule has 0 aromatic heterocycles. The van der Waals surface area contributed by atoms with Gasteiger partial charge in [-0.15, -0.1) is 0 Å². The van der Waals surface area contributed by atoms with Crippen molar-refractivity contribution in [2.24, 2.45) is 5.73 Å². The lowest BCUT2D eigenvalue weighted by Gasteiger charge is -2.25. The Labute approximate surface area is 101 Å². The average Bonchev–Trinajstić information content (AvgIpc) is 2.18. The summed E-state index contributed by atoms with van der Waals surface area (Å²) < 4.78 is 0.802. The number of hydrogen-bond acceptors (Lipinski definition) is 2. The number of benzene rings is 1. The van der Waals surface area contributed by atoms with Crippen molar-refractivity contribution in [1.29, 1.82) is 0 Å². The maximum absolute atomic E-state index is 11.4. The van der Waals surface area contributed by atoms with Gasteiger partial charge in [0.1, 0.15) is 0 Å². The van der Waals surface area contributed by atoms with E-state index in [0.717, 1.165) is 15.7 Å². The van der Waals surface area contributed by atoms with E-state index >= 15 is 0 Å². The molecule has 1 amide bonds. The molecule has 1 atom stereocenters. The van der Waals surface area contributed by atoms with Gasteiger partial charge < -0.3 is 11.1 Å². The van der Waals surface area contributed by atoms with Gasteiger partial charge in [0.15, 0.2) is 0 Å². The third-order valence-corrected chi connectivity index (χ3v) is 3.35. The first kappa shape index (κ1) is 10.9. The largest absolute Gasteiger partial charge is 0.330 e. The Morgan fingerprint density at radius 1 is 1.60 bits per heavy atom. The average molecular weight is 290 g/mol. The summed E-state index contributed by atoms with van der Waals surface area (Å²) in [7, 11) is 0. The molecule has 3 nitrogen and oxygen atoms in total. The Bertz CT molecular complexity index is 422. The molecule has 0 saturated carbocycles. The van der Waals surface area contributed by atoms with Crippen molar-refractivity contribution in [3.05, 3.63) is 27.2 Å². The highest BCUT2D eigenvalue weighted by molar-refractivity contribution is 9.10. The summed E-state index contributed by atoms with van der Waals surface area (Å²) in [6.07, 6.45) is 0.427. The molecule has 5 heteroatoms. The van der Waals surface area contributed by atoms with Crippen LogP contribution in [0.2, 0.25) is 5.02 Å². The molecule has 15 heavy (non-hydrogen) atoms. The van der Waals surface area contributed by atoms with Crippen LogP contribution >= 0.6 is 27.5 Å². The van der Waals surface area contributed by atoms with Gasteiger partial charge in [-0.1, -0.05) is 11.6 Å². The van der Waals surface area contributed by atoms with Crippen molar-refractivity contribution in [1.82, 2.24) is 0 Å². The summed E-state index contributed by atoms with van der Waals surface area (Å²) in [5, 5.41) is 3.47. The van der Waals surface area contributed by atoms with Gasteiger partial charge in [-0.25, -0.2) is 0 Å². The van der Waals surface area contributed by atoms with Gasteiger partial charge in [0.05, 0.1) is 5.69 Å². The molecule has 1 aromatic rings. The highest BCUT2D eigenvalue weighted by atomic mass is 79.9. The van der Waals surface area contributed by atoms with E-state index in [9.17, 15) is 4.79 Å². The van der Waals surface area contributed by atoms with E-state index in [0.29, 0.717) is 18.0 Å². The summed E-state index contributed by atoms with van der Waals surface area (Å²) in [5.41, 5.74) is 7.45. The smallest absolute Gasteiger partial charge is 0.225 e. The van der Waals surface area contributed by atoms with E-state index in [1.54, 1.807) is 6.07 Å². The maximum Gasteiger partial charge on any atom is 0.225 e. The Balaban J connectivity index is 2.55. The van der Waals surface area contributed by atoms with Crippen LogP contribution in [-0.2, 0) is 4.79 Å². The van der Waals surface area contributed by atoms with Crippen molar-refractivity contribution in [2.45, 2.75) is 12.3 Å². The summed E-state index contributed by atoms with van der Waals surface area (Å²) in [6, 6.07) is 3.62. The minimum atomic E-state index is 0.000900. The van der Waals surface area contributed by atoms with Crippen LogP contribution in [0.4, 0.5) is 5.69 Å². The van der Waals surface area contributed by atoms with Gasteiger partial charge in [-0.3, -0.25) is 4.79 Å². The van der Waals surface area contributed by atoms with Crippen LogP contribution in [0.1, 0.15) is 17.9 Å². The fourth-order valence-corrected chi connectivity index (χ4v) is 2.71. The van der Waals surface area contributed by atoms with E-state index < -0.39 is 0 Å². The first-order valence-corrected chi connectivity index (χ1v) is 5.77. The lowest BCUT2D eigenvalue weighted by molar-refractivity contribution is -0.116. The molecule has 2 rings (SSSR count). The molecule has 0 fully saturated rings. The summed E-state index contributed by atoms with van der Waals surface area (Å²) in [4.78, 5) is 11.4. The van der Waals surface area contributed by atoms with Crippen LogP contribution in [0, 0.1) is 0 Å². The lowest BCUT2D eigenvalue weighted by atomic mass is 9.91. The van der Waals surface area contributed by atoms with Gasteiger partial charge in [-0.2, -0.15) is 0 Å². The van der Waals surface area contributed by atoms with Crippen LogP contribution in [0.15, 0.2) is 16.6 Å². The Kier molecular flexibility index (Phi) is 3.00. The number of carbonyl (C=O) groups is 1. The third kappa shape index (κ3) is 2.02. The van der Waals surface area contributed by atoms with Crippen LogP contribution in [0.3, 0.4) is 0 Å². The Morgan fingerprint density at radius 2 is 2.33 bits per heavy atom. The number of nitrogens with one attached hydrogen (secondary N) is 1. The predicted molar refractivity (Wildman–Crippen MR) is 64.2 cm³/mol. The number of carbonyl (C=O) groups excluding carboxylic acids is 1. The molecule has 1 unspecified atom stereocenters. The van der Waals surface area contributed by atoms with E-state index in [1.165, 1.54) is 0 Å². The summed E-state index contributed by atoms with van der Waals surface area (Å²) in [6.45, 7) is 0.452. The van der Waals surface area contributed by atoms with Crippen molar-refractivity contribution < 1.29 is 4.79 Å². The van der Waals surface area contributed by atoms with E-state index in [4.69, 9.17) is 17.3 Å². The zero-order chi connectivity index (χ0) is 11.0. The minimum Gasteiger partial charge on any atom is -0.330 e. The normalized spacial score (nSPS) is 19.7. The predicted octanol–water partition coefficient (Wildman–Crippen LogP) is 2.49. The molecular formula is C10H10BrClN2O. The van der Waals surface area contributed by atoms with E-state index in [1.807, 2.05) is 6.07 Å². The monoisotopic (exact) mass is 288 g/mol. The minimum absolute atomic E-state index is 0.000900. The fourth-order valence-electron chi connectivity index (χ4n) is 1.78. The topological polar surface area (TPSA) is 55.1 Å². The molecule has 0 saturated heterocycles. The number of halogens is 2. The first-order chi connectivity index (χ1) is 7.11. The molecule has 1 aliphatic heterocycles. The quantitative estimate of drug-likeness (QED) is 0.834. The molecule has 0 bridgehead atoms. The number of rotatable bonds is 1. The molecule has 0 spiro atoms. The summed E-state index contributed by atoms with van der Waals surface area (Å²) in [5.74, 6) is 0.0599.